The molecule has 24 heavy (non-hydrogen) atoms. The molecule has 1 atom stereocenters. The van der Waals surface area contributed by atoms with Crippen molar-refractivity contribution in [1.29, 1.82) is 0 Å². The lowest BCUT2D eigenvalue weighted by Gasteiger charge is -2.28. The molecule has 1 aliphatic rings. The summed E-state index contributed by atoms with van der Waals surface area (Å²) in [5, 5.41) is 0. The lowest BCUT2D eigenvalue weighted by molar-refractivity contribution is -0.153. The molecule has 2 heterocycles. The fraction of sp³-hybridized carbons (Fsp3) is 0.312. The minimum Gasteiger partial charge on any atom is -0.482 e. The molecule has 0 fully saturated rings. The van der Waals surface area contributed by atoms with Gasteiger partial charge in [-0.2, -0.15) is 13.2 Å². The first kappa shape index (κ1) is 16.8. The van der Waals surface area contributed by atoms with Crippen LogP contribution in [0.25, 0.3) is 0 Å². The number of hydrogen-bond donors (Lipinski definition) is 0. The van der Waals surface area contributed by atoms with Crippen LogP contribution >= 0.6 is 11.9 Å². The zero-order valence-electron chi connectivity index (χ0n) is 13.1. The van der Waals surface area contributed by atoms with Gasteiger partial charge in [-0.1, -0.05) is 24.1 Å². The van der Waals surface area contributed by atoms with E-state index in [0.717, 1.165) is 11.4 Å². The molecule has 0 amide bonds. The van der Waals surface area contributed by atoms with Gasteiger partial charge in [0.25, 0.3) is 0 Å². The first-order chi connectivity index (χ1) is 11.4. The number of fused-ring (bicyclic) bond motifs is 1. The van der Waals surface area contributed by atoms with Crippen LogP contribution in [-0.2, 0) is 0 Å². The average Bonchev–Trinajstić information content (AvgIpc) is 2.86. The predicted molar refractivity (Wildman–Crippen MR) is 89.4 cm³/mol. The highest BCUT2D eigenvalue weighted by atomic mass is 32.2. The van der Waals surface area contributed by atoms with Gasteiger partial charge in [-0.3, -0.25) is 9.29 Å². The van der Waals surface area contributed by atoms with E-state index in [-0.39, 0.29) is 11.9 Å². The van der Waals surface area contributed by atoms with Crippen molar-refractivity contribution in [3.8, 4) is 5.75 Å². The third-order valence-electron chi connectivity index (χ3n) is 3.70. The highest BCUT2D eigenvalue weighted by Gasteiger charge is 2.38. The quantitative estimate of drug-likeness (QED) is 0.765. The molecule has 3 rings (SSSR count). The summed E-state index contributed by atoms with van der Waals surface area (Å²) in [7, 11) is 1.83. The number of benzene rings is 1. The van der Waals surface area contributed by atoms with Crippen LogP contribution in [0.2, 0.25) is 0 Å². The number of hydrogen-bond acceptors (Lipinski definition) is 5. The van der Waals surface area contributed by atoms with Gasteiger partial charge >= 0.3 is 6.18 Å². The van der Waals surface area contributed by atoms with Crippen molar-refractivity contribution in [2.75, 3.05) is 29.1 Å². The van der Waals surface area contributed by atoms with Crippen molar-refractivity contribution >= 4 is 23.3 Å². The van der Waals surface area contributed by atoms with Crippen LogP contribution in [0, 0.1) is 0 Å². The van der Waals surface area contributed by atoms with Crippen molar-refractivity contribution < 1.29 is 17.9 Å². The van der Waals surface area contributed by atoms with E-state index in [9.17, 15) is 13.2 Å². The summed E-state index contributed by atoms with van der Waals surface area (Å²) in [6.45, 7) is -1.31. The summed E-state index contributed by atoms with van der Waals surface area (Å²) in [4.78, 5) is 6.28. The van der Waals surface area contributed by atoms with E-state index in [1.807, 2.05) is 46.8 Å². The number of nitrogens with zero attached hydrogens (tertiary/aromatic N) is 3. The minimum atomic E-state index is -4.38. The molecular formula is C16H16F3N3OS. The van der Waals surface area contributed by atoms with Gasteiger partial charge in [0.05, 0.1) is 11.4 Å². The van der Waals surface area contributed by atoms with E-state index < -0.39 is 12.8 Å². The third-order valence-corrected chi connectivity index (χ3v) is 4.49. The monoisotopic (exact) mass is 355 g/mol. The van der Waals surface area contributed by atoms with Gasteiger partial charge in [0.1, 0.15) is 11.4 Å². The lowest BCUT2D eigenvalue weighted by Crippen LogP contribution is -2.29. The maximum absolute atomic E-state index is 12.5. The molecule has 2 aromatic rings. The summed E-state index contributed by atoms with van der Waals surface area (Å²) >= 11 is 1.49. The number of para-hydroxylation sites is 1. The first-order valence-electron chi connectivity index (χ1n) is 7.22. The van der Waals surface area contributed by atoms with Gasteiger partial charge in [0, 0.05) is 19.5 Å². The Balaban J connectivity index is 1.99. The van der Waals surface area contributed by atoms with Gasteiger partial charge in [-0.05, 0) is 24.3 Å². The number of aromatic nitrogens is 1. The summed E-state index contributed by atoms with van der Waals surface area (Å²) in [5.74, 6) is 0.213. The molecule has 1 unspecified atom stereocenters. The average molecular weight is 355 g/mol. The number of pyridine rings is 1. The fourth-order valence-electron chi connectivity index (χ4n) is 2.78. The van der Waals surface area contributed by atoms with E-state index in [0.29, 0.717) is 5.69 Å². The number of ether oxygens (including phenoxy) is 1. The summed E-state index contributed by atoms with van der Waals surface area (Å²) < 4.78 is 44.6. The van der Waals surface area contributed by atoms with Crippen molar-refractivity contribution in [1.82, 2.24) is 4.98 Å². The SMILES string of the molecule is CSN1c2cccc(OCC(F)(F)F)c2N(C)C1c1ccccn1. The Bertz CT molecular complexity index is 711. The molecule has 0 radical (unpaired) electrons. The third kappa shape index (κ3) is 3.10. The Morgan fingerprint density at radius 3 is 2.62 bits per heavy atom. The molecule has 0 saturated carbocycles. The van der Waals surface area contributed by atoms with Crippen molar-refractivity contribution in [2.24, 2.45) is 0 Å². The highest BCUT2D eigenvalue weighted by Crippen LogP contribution is 2.52. The summed E-state index contributed by atoms with van der Waals surface area (Å²) in [6.07, 6.45) is -0.973. The molecule has 1 aromatic heterocycles. The lowest BCUT2D eigenvalue weighted by atomic mass is 10.2. The highest BCUT2D eigenvalue weighted by molar-refractivity contribution is 8.00. The molecule has 128 valence electrons. The number of rotatable bonds is 4. The maximum atomic E-state index is 12.5. The van der Waals surface area contributed by atoms with E-state index in [1.54, 1.807) is 18.3 Å². The summed E-state index contributed by atoms with van der Waals surface area (Å²) in [5.41, 5.74) is 2.25. The van der Waals surface area contributed by atoms with E-state index in [1.165, 1.54) is 11.9 Å². The molecule has 0 N–H and O–H groups in total. The van der Waals surface area contributed by atoms with Gasteiger partial charge < -0.3 is 9.64 Å². The van der Waals surface area contributed by atoms with Crippen LogP contribution in [0.4, 0.5) is 24.5 Å². The van der Waals surface area contributed by atoms with Crippen LogP contribution in [0.3, 0.4) is 0 Å². The number of halogens is 3. The van der Waals surface area contributed by atoms with E-state index >= 15 is 0 Å². The van der Waals surface area contributed by atoms with Crippen LogP contribution in [0.5, 0.6) is 5.75 Å². The minimum absolute atomic E-state index is 0.213. The van der Waals surface area contributed by atoms with Gasteiger partial charge in [-0.25, -0.2) is 0 Å². The number of anilines is 2. The Labute approximate surface area is 142 Å². The number of alkyl halides is 3. The van der Waals surface area contributed by atoms with Gasteiger partial charge in [0.15, 0.2) is 12.8 Å². The zero-order chi connectivity index (χ0) is 17.3. The second-order valence-electron chi connectivity index (χ2n) is 5.28. The predicted octanol–water partition coefficient (Wildman–Crippen LogP) is 4.26. The molecule has 4 nitrogen and oxygen atoms in total. The Morgan fingerprint density at radius 1 is 1.21 bits per heavy atom. The van der Waals surface area contributed by atoms with Crippen LogP contribution < -0.4 is 13.9 Å². The molecule has 1 aromatic carbocycles. The summed E-state index contributed by atoms with van der Waals surface area (Å²) in [6, 6.07) is 10.7. The Morgan fingerprint density at radius 2 is 2.00 bits per heavy atom. The molecule has 8 heteroatoms. The van der Waals surface area contributed by atoms with Crippen LogP contribution in [0.1, 0.15) is 11.9 Å². The maximum Gasteiger partial charge on any atom is 0.422 e. The smallest absolute Gasteiger partial charge is 0.422 e. The molecule has 0 aliphatic carbocycles. The first-order valence-corrected chi connectivity index (χ1v) is 8.40. The standard InChI is InChI=1S/C16H16F3N3OS/c1-21-14-12(7-5-8-13(14)23-10-16(17,18)19)22(24-2)15(21)11-6-3-4-9-20-11/h3-9,15H,10H2,1-2H3. The second-order valence-corrected chi connectivity index (χ2v) is 6.03. The second kappa shape index (κ2) is 6.43. The topological polar surface area (TPSA) is 28.6 Å². The van der Waals surface area contributed by atoms with Gasteiger partial charge in [0.2, 0.25) is 0 Å². The van der Waals surface area contributed by atoms with E-state index in [4.69, 9.17) is 4.74 Å². The van der Waals surface area contributed by atoms with Crippen LogP contribution in [-0.4, -0.2) is 31.1 Å². The fourth-order valence-corrected chi connectivity index (χ4v) is 3.57. The molecule has 0 spiro atoms. The molecule has 0 saturated heterocycles. The molecule has 1 aliphatic heterocycles. The van der Waals surface area contributed by atoms with Crippen molar-refractivity contribution in [3.63, 3.8) is 0 Å². The Hall–Kier alpha value is -2.09. The van der Waals surface area contributed by atoms with Crippen LogP contribution in [0.15, 0.2) is 42.6 Å². The largest absolute Gasteiger partial charge is 0.482 e. The Kier molecular flexibility index (Phi) is 4.49. The zero-order valence-corrected chi connectivity index (χ0v) is 13.9. The molecule has 0 bridgehead atoms. The normalized spacial score (nSPS) is 17.1. The van der Waals surface area contributed by atoms with Crippen molar-refractivity contribution in [2.45, 2.75) is 12.3 Å². The van der Waals surface area contributed by atoms with Gasteiger partial charge in [-0.15, -0.1) is 0 Å². The van der Waals surface area contributed by atoms with E-state index in [2.05, 4.69) is 4.98 Å². The molecular weight excluding hydrogens is 339 g/mol. The van der Waals surface area contributed by atoms with Crippen molar-refractivity contribution in [3.05, 3.63) is 48.3 Å².